The third-order valence-electron chi connectivity index (χ3n) is 3.30. The SMILES string of the molecule is CCOC(=O)Cc1nc(N)c2c(n1)N(C(=O)OCC)[C@@H](C)C2. The van der Waals surface area contributed by atoms with Crippen molar-refractivity contribution in [3.05, 3.63) is 11.4 Å². The molecular formula is C14H20N4O4. The highest BCUT2D eigenvalue weighted by Crippen LogP contribution is 2.34. The Kier molecular flexibility index (Phi) is 4.79. The average Bonchev–Trinajstić information content (AvgIpc) is 2.76. The van der Waals surface area contributed by atoms with Crippen molar-refractivity contribution in [3.8, 4) is 0 Å². The van der Waals surface area contributed by atoms with Crippen molar-refractivity contribution < 1.29 is 19.1 Å². The molecule has 2 rings (SSSR count). The van der Waals surface area contributed by atoms with Crippen molar-refractivity contribution in [2.45, 2.75) is 39.7 Å². The van der Waals surface area contributed by atoms with Gasteiger partial charge in [-0.05, 0) is 20.8 Å². The Labute approximate surface area is 128 Å². The molecule has 8 nitrogen and oxygen atoms in total. The maximum Gasteiger partial charge on any atom is 0.415 e. The summed E-state index contributed by atoms with van der Waals surface area (Å²) in [4.78, 5) is 33.5. The third kappa shape index (κ3) is 3.10. The van der Waals surface area contributed by atoms with E-state index < -0.39 is 12.1 Å². The van der Waals surface area contributed by atoms with Crippen molar-refractivity contribution in [1.82, 2.24) is 9.97 Å². The topological polar surface area (TPSA) is 108 Å². The smallest absolute Gasteiger partial charge is 0.415 e. The van der Waals surface area contributed by atoms with E-state index in [9.17, 15) is 9.59 Å². The number of hydrogen-bond acceptors (Lipinski definition) is 7. The zero-order valence-corrected chi connectivity index (χ0v) is 13.0. The first-order valence-corrected chi connectivity index (χ1v) is 7.24. The normalized spacial score (nSPS) is 16.3. The number of nitrogen functional groups attached to an aromatic ring is 1. The average molecular weight is 308 g/mol. The molecule has 0 saturated carbocycles. The Morgan fingerprint density at radius 3 is 2.59 bits per heavy atom. The lowest BCUT2D eigenvalue weighted by atomic mass is 10.2. The highest BCUT2D eigenvalue weighted by Gasteiger charge is 2.35. The van der Waals surface area contributed by atoms with E-state index in [2.05, 4.69) is 9.97 Å². The van der Waals surface area contributed by atoms with Gasteiger partial charge in [-0.1, -0.05) is 0 Å². The van der Waals surface area contributed by atoms with Gasteiger partial charge in [0.2, 0.25) is 0 Å². The second kappa shape index (κ2) is 6.59. The second-order valence-corrected chi connectivity index (χ2v) is 4.93. The number of fused-ring (bicyclic) bond motifs is 1. The van der Waals surface area contributed by atoms with Gasteiger partial charge in [0, 0.05) is 18.0 Å². The number of rotatable bonds is 4. The van der Waals surface area contributed by atoms with E-state index in [-0.39, 0.29) is 37.3 Å². The van der Waals surface area contributed by atoms with Crippen LogP contribution < -0.4 is 10.6 Å². The van der Waals surface area contributed by atoms with Crippen LogP contribution in [-0.4, -0.2) is 41.3 Å². The van der Waals surface area contributed by atoms with Crippen LogP contribution in [0, 0.1) is 0 Å². The van der Waals surface area contributed by atoms with Crippen LogP contribution in [0.5, 0.6) is 0 Å². The first kappa shape index (κ1) is 16.0. The van der Waals surface area contributed by atoms with Gasteiger partial charge in [-0.25, -0.2) is 14.8 Å². The van der Waals surface area contributed by atoms with E-state index >= 15 is 0 Å². The molecule has 22 heavy (non-hydrogen) atoms. The summed E-state index contributed by atoms with van der Waals surface area (Å²) in [6.07, 6.45) is -0.00955. The van der Waals surface area contributed by atoms with Crippen molar-refractivity contribution >= 4 is 23.7 Å². The minimum atomic E-state index is -0.478. The van der Waals surface area contributed by atoms with Gasteiger partial charge < -0.3 is 15.2 Å². The van der Waals surface area contributed by atoms with Gasteiger partial charge in [0.05, 0.1) is 13.2 Å². The van der Waals surface area contributed by atoms with Crippen molar-refractivity contribution in [2.24, 2.45) is 0 Å². The van der Waals surface area contributed by atoms with E-state index in [1.807, 2.05) is 6.92 Å². The predicted octanol–water partition coefficient (Wildman–Crippen LogP) is 1.07. The van der Waals surface area contributed by atoms with Crippen LogP contribution in [0.4, 0.5) is 16.4 Å². The van der Waals surface area contributed by atoms with E-state index in [1.165, 1.54) is 4.90 Å². The lowest BCUT2D eigenvalue weighted by Crippen LogP contribution is -2.36. The number of anilines is 2. The zero-order valence-electron chi connectivity index (χ0n) is 13.0. The maximum absolute atomic E-state index is 12.1. The Hall–Kier alpha value is -2.38. The Balaban J connectivity index is 2.32. The molecule has 0 spiro atoms. The molecule has 0 radical (unpaired) electrons. The summed E-state index contributed by atoms with van der Waals surface area (Å²) in [5.74, 6) is 0.495. The van der Waals surface area contributed by atoms with Crippen molar-refractivity contribution in [2.75, 3.05) is 23.8 Å². The number of carbonyl (C=O) groups is 2. The lowest BCUT2D eigenvalue weighted by Gasteiger charge is -2.20. The van der Waals surface area contributed by atoms with Gasteiger partial charge in [-0.3, -0.25) is 9.69 Å². The molecule has 0 aromatic carbocycles. The monoisotopic (exact) mass is 308 g/mol. The molecule has 1 atom stereocenters. The fraction of sp³-hybridized carbons (Fsp3) is 0.571. The van der Waals surface area contributed by atoms with Gasteiger partial charge in [-0.2, -0.15) is 0 Å². The Morgan fingerprint density at radius 1 is 1.27 bits per heavy atom. The lowest BCUT2D eigenvalue weighted by molar-refractivity contribution is -0.142. The van der Waals surface area contributed by atoms with Crippen LogP contribution in [0.25, 0.3) is 0 Å². The fourth-order valence-corrected chi connectivity index (χ4v) is 2.41. The quantitative estimate of drug-likeness (QED) is 0.829. The maximum atomic E-state index is 12.1. The Bertz CT molecular complexity index is 590. The van der Waals surface area contributed by atoms with Crippen LogP contribution in [0.15, 0.2) is 0 Å². The molecule has 0 bridgehead atoms. The number of hydrogen-bond donors (Lipinski definition) is 1. The molecule has 1 amide bonds. The number of nitrogens with two attached hydrogens (primary N) is 1. The van der Waals surface area contributed by atoms with E-state index in [1.54, 1.807) is 13.8 Å². The number of esters is 1. The summed E-state index contributed by atoms with van der Waals surface area (Å²) in [5.41, 5.74) is 6.64. The molecule has 1 aliphatic rings. The molecule has 2 N–H and O–H groups in total. The molecule has 0 saturated heterocycles. The summed E-state index contributed by atoms with van der Waals surface area (Å²) in [5, 5.41) is 0. The highest BCUT2D eigenvalue weighted by molar-refractivity contribution is 5.90. The van der Waals surface area contributed by atoms with Crippen LogP contribution in [0.3, 0.4) is 0 Å². The van der Waals surface area contributed by atoms with E-state index in [4.69, 9.17) is 15.2 Å². The van der Waals surface area contributed by atoms with Gasteiger partial charge >= 0.3 is 12.1 Å². The molecule has 8 heteroatoms. The molecule has 0 aliphatic carbocycles. The largest absolute Gasteiger partial charge is 0.466 e. The number of amides is 1. The van der Waals surface area contributed by atoms with Crippen LogP contribution in [-0.2, 0) is 27.1 Å². The number of ether oxygens (including phenoxy) is 2. The fourth-order valence-electron chi connectivity index (χ4n) is 2.41. The van der Waals surface area contributed by atoms with Crippen molar-refractivity contribution in [3.63, 3.8) is 0 Å². The molecule has 1 aliphatic heterocycles. The molecule has 1 aromatic rings. The van der Waals surface area contributed by atoms with E-state index in [0.29, 0.717) is 17.8 Å². The van der Waals surface area contributed by atoms with Crippen LogP contribution in [0.2, 0.25) is 0 Å². The second-order valence-electron chi connectivity index (χ2n) is 4.93. The predicted molar refractivity (Wildman–Crippen MR) is 79.4 cm³/mol. The highest BCUT2D eigenvalue weighted by atomic mass is 16.6. The van der Waals surface area contributed by atoms with E-state index in [0.717, 1.165) is 0 Å². The molecular weight excluding hydrogens is 288 g/mol. The summed E-state index contributed by atoms with van der Waals surface area (Å²) in [7, 11) is 0. The summed E-state index contributed by atoms with van der Waals surface area (Å²) in [6, 6.07) is -0.122. The molecule has 1 aromatic heterocycles. The summed E-state index contributed by atoms with van der Waals surface area (Å²) in [6.45, 7) is 5.89. The minimum Gasteiger partial charge on any atom is -0.466 e. The minimum absolute atomic E-state index is 0.0869. The summed E-state index contributed by atoms with van der Waals surface area (Å²) >= 11 is 0. The number of aromatic nitrogens is 2. The first-order valence-electron chi connectivity index (χ1n) is 7.24. The Morgan fingerprint density at radius 2 is 1.95 bits per heavy atom. The van der Waals surface area contributed by atoms with Gasteiger partial charge in [0.15, 0.2) is 0 Å². The molecule has 0 unspecified atom stereocenters. The number of nitrogens with zero attached hydrogens (tertiary/aromatic N) is 3. The molecule has 0 fully saturated rings. The zero-order chi connectivity index (χ0) is 16.3. The van der Waals surface area contributed by atoms with Crippen LogP contribution in [0.1, 0.15) is 32.2 Å². The van der Waals surface area contributed by atoms with Gasteiger partial charge in [0.25, 0.3) is 0 Å². The standard InChI is InChI=1S/C14H20N4O4/c1-4-21-11(19)7-10-16-12(15)9-6-8(3)18(13(9)17-10)14(20)22-5-2/h8H,4-7H2,1-3H3,(H2,15,16,17)/t8-/m0/s1. The van der Waals surface area contributed by atoms with Gasteiger partial charge in [0.1, 0.15) is 23.9 Å². The molecule has 120 valence electrons. The third-order valence-corrected chi connectivity index (χ3v) is 3.30. The molecule has 2 heterocycles. The van der Waals surface area contributed by atoms with Crippen LogP contribution >= 0.6 is 0 Å². The number of carbonyl (C=O) groups excluding carboxylic acids is 2. The van der Waals surface area contributed by atoms with Gasteiger partial charge in [-0.15, -0.1) is 0 Å². The first-order chi connectivity index (χ1) is 10.5. The van der Waals surface area contributed by atoms with Crippen molar-refractivity contribution in [1.29, 1.82) is 0 Å². The summed E-state index contributed by atoms with van der Waals surface area (Å²) < 4.78 is 9.92.